The van der Waals surface area contributed by atoms with Crippen LogP contribution in [0.2, 0.25) is 0 Å². The van der Waals surface area contributed by atoms with Crippen molar-refractivity contribution in [3.8, 4) is 0 Å². The fraction of sp³-hybridized carbons (Fsp3) is 0.429. The molecule has 4 nitrogen and oxygen atoms in total. The zero-order chi connectivity index (χ0) is 15.3. The summed E-state index contributed by atoms with van der Waals surface area (Å²) in [4.78, 5) is 7.92. The van der Waals surface area contributed by atoms with E-state index in [1.54, 1.807) is 6.92 Å². The molecule has 1 atom stereocenters. The van der Waals surface area contributed by atoms with Crippen molar-refractivity contribution >= 4 is 12.0 Å². The Labute approximate surface area is 119 Å². The lowest BCUT2D eigenvalue weighted by atomic mass is 10.1. The second-order valence-electron chi connectivity index (χ2n) is 5.56. The summed E-state index contributed by atoms with van der Waals surface area (Å²) >= 11 is 0. The van der Waals surface area contributed by atoms with Gasteiger partial charge in [0.25, 0.3) is 0 Å². The molecule has 3 rings (SSSR count). The number of aromatic nitrogens is 1. The Morgan fingerprint density at radius 2 is 2.05 bits per heavy atom. The van der Waals surface area contributed by atoms with Crippen LogP contribution in [0.15, 0.2) is 34.7 Å². The average Bonchev–Trinajstić information content (AvgIpc) is 3.22. The van der Waals surface area contributed by atoms with Crippen LogP contribution in [0, 0.1) is 5.92 Å². The van der Waals surface area contributed by atoms with E-state index < -0.39 is 16.4 Å². The maximum absolute atomic E-state index is 13.1. The van der Waals surface area contributed by atoms with Crippen molar-refractivity contribution in [2.45, 2.75) is 25.9 Å². The van der Waals surface area contributed by atoms with E-state index in [1.807, 2.05) is 0 Å². The number of rotatable bonds is 2. The van der Waals surface area contributed by atoms with Gasteiger partial charge in [0, 0.05) is 17.7 Å². The number of aliphatic imine (C=N–C) groups is 1. The van der Waals surface area contributed by atoms with Crippen LogP contribution in [0.25, 0.3) is 0 Å². The predicted octanol–water partition coefficient (Wildman–Crippen LogP) is 3.52. The van der Waals surface area contributed by atoms with Crippen LogP contribution in [-0.2, 0) is 6.18 Å². The van der Waals surface area contributed by atoms with Gasteiger partial charge in [0.05, 0.1) is 11.9 Å². The highest BCUT2D eigenvalue weighted by Gasteiger charge is 2.44. The monoisotopic (exact) mass is 298 g/mol. The van der Waals surface area contributed by atoms with E-state index in [-0.39, 0.29) is 12.2 Å². The zero-order valence-electron chi connectivity index (χ0n) is 11.4. The van der Waals surface area contributed by atoms with Gasteiger partial charge in [-0.15, -0.1) is 4.65 Å². The molecular weight excluding hydrogens is 283 g/mol. The minimum Gasteiger partial charge on any atom is -0.258 e. The Morgan fingerprint density at radius 3 is 2.62 bits per heavy atom. The number of hydrogen-bond acceptors (Lipinski definition) is 3. The van der Waals surface area contributed by atoms with E-state index in [2.05, 4.69) is 9.98 Å². The highest BCUT2D eigenvalue weighted by atomic mass is 19.4. The number of nitrogens with zero attached hydrogens (tertiary/aromatic N) is 3. The summed E-state index contributed by atoms with van der Waals surface area (Å²) in [5, 5.41) is 10.6. The molecule has 0 spiro atoms. The van der Waals surface area contributed by atoms with Gasteiger partial charge in [-0.2, -0.15) is 13.2 Å². The van der Waals surface area contributed by atoms with Crippen molar-refractivity contribution in [2.24, 2.45) is 10.9 Å². The molecular formula is C14H15F3N3O+. The van der Waals surface area contributed by atoms with Gasteiger partial charge in [-0.1, -0.05) is 0 Å². The molecule has 7 heteroatoms. The number of hydrogen-bond donors (Lipinski definition) is 1. The van der Waals surface area contributed by atoms with E-state index in [9.17, 15) is 18.4 Å². The van der Waals surface area contributed by atoms with Crippen molar-refractivity contribution in [3.05, 3.63) is 35.3 Å². The van der Waals surface area contributed by atoms with Crippen LogP contribution in [0.1, 0.15) is 25.3 Å². The molecule has 112 valence electrons. The van der Waals surface area contributed by atoms with Crippen molar-refractivity contribution in [1.82, 2.24) is 9.63 Å². The highest BCUT2D eigenvalue weighted by Crippen LogP contribution is 2.42. The second-order valence-corrected chi connectivity index (χ2v) is 5.56. The maximum Gasteiger partial charge on any atom is 0.422 e. The van der Waals surface area contributed by atoms with Gasteiger partial charge in [0.2, 0.25) is 12.0 Å². The van der Waals surface area contributed by atoms with Crippen LogP contribution in [0.3, 0.4) is 0 Å². The smallest absolute Gasteiger partial charge is 0.258 e. The van der Waals surface area contributed by atoms with Gasteiger partial charge < -0.3 is 0 Å². The van der Waals surface area contributed by atoms with Crippen molar-refractivity contribution in [3.63, 3.8) is 0 Å². The molecule has 1 aromatic rings. The molecule has 2 heterocycles. The van der Waals surface area contributed by atoms with E-state index >= 15 is 0 Å². The summed E-state index contributed by atoms with van der Waals surface area (Å²) in [5.41, 5.74) is 0.520. The van der Waals surface area contributed by atoms with Gasteiger partial charge >= 0.3 is 6.18 Å². The Morgan fingerprint density at radius 1 is 1.33 bits per heavy atom. The highest BCUT2D eigenvalue weighted by molar-refractivity contribution is 5.75. The van der Waals surface area contributed by atoms with E-state index in [1.165, 1.54) is 6.34 Å². The number of quaternary nitrogens is 1. The molecule has 0 bridgehead atoms. The van der Waals surface area contributed by atoms with Crippen LogP contribution in [0.5, 0.6) is 0 Å². The topological polar surface area (TPSA) is 45.5 Å². The Balaban J connectivity index is 2.00. The van der Waals surface area contributed by atoms with Crippen molar-refractivity contribution in [1.29, 1.82) is 0 Å². The molecule has 1 saturated carbocycles. The summed E-state index contributed by atoms with van der Waals surface area (Å²) in [6.07, 6.45) is 0.843. The van der Waals surface area contributed by atoms with Crippen molar-refractivity contribution in [2.75, 3.05) is 6.54 Å². The van der Waals surface area contributed by atoms with Gasteiger partial charge in [-0.05, 0) is 25.8 Å². The molecule has 0 amide bonds. The first-order chi connectivity index (χ1) is 9.81. The first-order valence-corrected chi connectivity index (χ1v) is 6.68. The maximum atomic E-state index is 13.1. The third-order valence-corrected chi connectivity index (χ3v) is 3.79. The number of alkyl halides is 3. The lowest BCUT2D eigenvalue weighted by molar-refractivity contribution is -0.140. The third kappa shape index (κ3) is 2.58. The molecule has 1 N–H and O–H groups in total. The fourth-order valence-electron chi connectivity index (χ4n) is 2.64. The van der Waals surface area contributed by atoms with Crippen LogP contribution >= 0.6 is 0 Å². The molecule has 1 aliphatic heterocycles. The Kier molecular flexibility index (Phi) is 3.14. The standard InChI is InChI=1S/C14H15F3N3O/c1-9-7-20(21,8-19-13(9)10-2-3-10)12-6-18-5-4-11(12)14(15,16)17/h4-6,8,10,21H,2-3,7H2,1H3/q+1. The van der Waals surface area contributed by atoms with E-state index in [0.29, 0.717) is 5.92 Å². The molecule has 1 aromatic heterocycles. The molecule has 1 unspecified atom stereocenters. The largest absolute Gasteiger partial charge is 0.422 e. The van der Waals surface area contributed by atoms with Crippen LogP contribution in [-0.4, -0.2) is 23.1 Å². The quantitative estimate of drug-likeness (QED) is 0.849. The SMILES string of the molecule is CC1=C(C2CC2)N=C[N+](O)(c2cnccc2C(F)(F)F)C1. The lowest BCUT2D eigenvalue weighted by Crippen LogP contribution is -2.48. The first kappa shape index (κ1) is 14.2. The zero-order valence-corrected chi connectivity index (χ0v) is 11.4. The van der Waals surface area contributed by atoms with Gasteiger partial charge in [-0.3, -0.25) is 4.98 Å². The molecule has 21 heavy (non-hydrogen) atoms. The average molecular weight is 298 g/mol. The van der Waals surface area contributed by atoms with Crippen molar-refractivity contribution < 1.29 is 18.4 Å². The summed E-state index contributed by atoms with van der Waals surface area (Å²) in [6, 6.07) is 0.870. The summed E-state index contributed by atoms with van der Waals surface area (Å²) in [7, 11) is 0. The molecule has 0 radical (unpaired) electrons. The number of hydroxylamine groups is 2. The van der Waals surface area contributed by atoms with Crippen LogP contribution in [0.4, 0.5) is 18.9 Å². The van der Waals surface area contributed by atoms with Crippen LogP contribution < -0.4 is 4.65 Å². The number of allylic oxidation sites excluding steroid dienone is 1. The minimum absolute atomic E-state index is 0.0596. The summed E-state index contributed by atoms with van der Waals surface area (Å²) in [6.45, 7) is 1.86. The number of halogens is 3. The second kappa shape index (κ2) is 4.64. The molecule has 2 aliphatic rings. The minimum atomic E-state index is -4.55. The van der Waals surface area contributed by atoms with Gasteiger partial charge in [0.15, 0.2) is 0 Å². The summed E-state index contributed by atoms with van der Waals surface area (Å²) in [5.74, 6) is 0.394. The number of pyridine rings is 1. The van der Waals surface area contributed by atoms with Gasteiger partial charge in [-0.25, -0.2) is 10.2 Å². The predicted molar refractivity (Wildman–Crippen MR) is 71.6 cm³/mol. The van der Waals surface area contributed by atoms with E-state index in [0.717, 1.165) is 42.6 Å². The Hall–Kier alpha value is -1.73. The van der Waals surface area contributed by atoms with Gasteiger partial charge in [0.1, 0.15) is 12.1 Å². The lowest BCUT2D eigenvalue weighted by Gasteiger charge is -2.29. The first-order valence-electron chi connectivity index (χ1n) is 6.68. The summed E-state index contributed by atoms with van der Waals surface area (Å²) < 4.78 is 38.2. The third-order valence-electron chi connectivity index (χ3n) is 3.79. The molecule has 1 aliphatic carbocycles. The van der Waals surface area contributed by atoms with E-state index in [4.69, 9.17) is 0 Å². The normalized spacial score (nSPS) is 26.3. The Bertz CT molecular complexity index is 635. The fourth-order valence-corrected chi connectivity index (χ4v) is 2.64. The molecule has 0 saturated heterocycles. The molecule has 0 aromatic carbocycles. The molecule has 1 fully saturated rings.